The van der Waals surface area contributed by atoms with E-state index in [0.717, 1.165) is 0 Å². The lowest BCUT2D eigenvalue weighted by atomic mass is 9.76. The smallest absolute Gasteiger partial charge is 0.331 e. The number of carbonyl (C=O) groups excluding carboxylic acids is 1. The minimum absolute atomic E-state index is 0.00952. The Labute approximate surface area is 181 Å². The zero-order valence-corrected chi connectivity index (χ0v) is 19.5. The van der Waals surface area contributed by atoms with Crippen molar-refractivity contribution < 1.29 is 4.79 Å². The Morgan fingerprint density at radius 3 is 2.10 bits per heavy atom. The third-order valence-corrected chi connectivity index (χ3v) is 10.2. The topological polar surface area (TPSA) is 44.7 Å². The summed E-state index contributed by atoms with van der Waals surface area (Å²) in [6, 6.07) is 10.6. The van der Waals surface area contributed by atoms with Crippen LogP contribution in [0.5, 0.6) is 0 Å². The molecule has 4 nitrogen and oxygen atoms in total. The van der Waals surface area contributed by atoms with Crippen molar-refractivity contribution in [2.24, 2.45) is 33.2 Å². The van der Waals surface area contributed by atoms with Gasteiger partial charge in [-0.05, 0) is 60.3 Å². The minimum atomic E-state index is -0.108. The van der Waals surface area contributed by atoms with Crippen molar-refractivity contribution in [3.05, 3.63) is 35.9 Å². The number of amides is 2. The second kappa shape index (κ2) is 6.11. The van der Waals surface area contributed by atoms with E-state index in [1.54, 1.807) is 5.01 Å². The number of hydrogen-bond acceptors (Lipinski definition) is 2. The molecule has 1 aliphatic heterocycles. The zero-order chi connectivity index (χ0) is 21.5. The Morgan fingerprint density at radius 2 is 1.60 bits per heavy atom. The number of benzene rings is 1. The Balaban J connectivity index is 1.43. The number of urea groups is 1. The van der Waals surface area contributed by atoms with Crippen molar-refractivity contribution in [1.82, 2.24) is 10.3 Å². The maximum absolute atomic E-state index is 13.5. The first-order chi connectivity index (χ1) is 14.0. The van der Waals surface area contributed by atoms with Gasteiger partial charge < -0.3 is 5.32 Å². The van der Waals surface area contributed by atoms with Gasteiger partial charge in [0, 0.05) is 17.4 Å². The molecule has 2 bridgehead atoms. The summed E-state index contributed by atoms with van der Waals surface area (Å²) < 4.78 is 0. The normalized spacial score (nSPS) is 38.6. The van der Waals surface area contributed by atoms with Crippen LogP contribution in [0, 0.1) is 28.1 Å². The van der Waals surface area contributed by atoms with Crippen LogP contribution in [0.2, 0.25) is 0 Å². The predicted octanol–water partition coefficient (Wildman–Crippen LogP) is 5.80. The Kier molecular flexibility index (Phi) is 4.09. The van der Waals surface area contributed by atoms with Crippen molar-refractivity contribution >= 4 is 11.7 Å². The van der Waals surface area contributed by atoms with Gasteiger partial charge in [0.1, 0.15) is 0 Å². The molecule has 2 amide bonds. The molecule has 4 aliphatic rings. The molecule has 1 heterocycles. The third-order valence-electron chi connectivity index (χ3n) is 10.2. The van der Waals surface area contributed by atoms with Gasteiger partial charge in [-0.15, -0.1) is 0 Å². The molecule has 5 rings (SSSR count). The third kappa shape index (κ3) is 2.51. The fraction of sp³-hybridized carbons (Fsp3) is 0.692. The van der Waals surface area contributed by atoms with Gasteiger partial charge in [-0.1, -0.05) is 65.0 Å². The molecule has 162 valence electrons. The molecule has 3 fully saturated rings. The Bertz CT molecular complexity index is 880. The second-order valence-electron chi connectivity index (χ2n) is 11.9. The highest BCUT2D eigenvalue weighted by Crippen LogP contribution is 2.70. The molecule has 0 aromatic heterocycles. The molecule has 3 aliphatic carbocycles. The van der Waals surface area contributed by atoms with Crippen molar-refractivity contribution in [2.45, 2.75) is 78.7 Å². The lowest BCUT2D eigenvalue weighted by Gasteiger charge is -2.39. The number of fused-ring (bicyclic) bond motifs is 2. The lowest BCUT2D eigenvalue weighted by molar-refractivity contribution is 0.148. The fourth-order valence-electron chi connectivity index (χ4n) is 7.18. The van der Waals surface area contributed by atoms with E-state index < -0.39 is 0 Å². The molecule has 1 unspecified atom stereocenters. The SMILES string of the molecule is CC1(C)C(C2=NN(C(=O)N[C@@]3(C)[C@H]4CC[C@]3(C)CC4)CC2c2ccccc2)C1(C)C. The lowest BCUT2D eigenvalue weighted by Crippen LogP contribution is -2.56. The summed E-state index contributed by atoms with van der Waals surface area (Å²) >= 11 is 0. The largest absolute Gasteiger partial charge is 0.338 e. The van der Waals surface area contributed by atoms with Gasteiger partial charge in [0.2, 0.25) is 0 Å². The van der Waals surface area contributed by atoms with Crippen LogP contribution < -0.4 is 5.32 Å². The average Bonchev–Trinajstić information content (AvgIpc) is 3.09. The van der Waals surface area contributed by atoms with Gasteiger partial charge in [0.25, 0.3) is 0 Å². The minimum Gasteiger partial charge on any atom is -0.331 e. The van der Waals surface area contributed by atoms with E-state index >= 15 is 0 Å². The van der Waals surface area contributed by atoms with Gasteiger partial charge in [0.05, 0.1) is 12.3 Å². The van der Waals surface area contributed by atoms with E-state index in [1.807, 2.05) is 0 Å². The van der Waals surface area contributed by atoms with Crippen LogP contribution in [0.4, 0.5) is 4.79 Å². The number of hydrogen-bond donors (Lipinski definition) is 1. The average molecular weight is 408 g/mol. The molecule has 1 aromatic carbocycles. The molecule has 3 saturated carbocycles. The molecular weight excluding hydrogens is 370 g/mol. The van der Waals surface area contributed by atoms with Crippen LogP contribution in [-0.2, 0) is 0 Å². The van der Waals surface area contributed by atoms with Gasteiger partial charge in [-0.2, -0.15) is 5.10 Å². The second-order valence-corrected chi connectivity index (χ2v) is 11.9. The van der Waals surface area contributed by atoms with Crippen LogP contribution in [0.25, 0.3) is 0 Å². The van der Waals surface area contributed by atoms with E-state index in [-0.39, 0.29) is 33.7 Å². The quantitative estimate of drug-likeness (QED) is 0.676. The maximum atomic E-state index is 13.5. The monoisotopic (exact) mass is 407 g/mol. The summed E-state index contributed by atoms with van der Waals surface area (Å²) in [7, 11) is 0. The van der Waals surface area contributed by atoms with Crippen LogP contribution in [0.1, 0.15) is 78.7 Å². The highest BCUT2D eigenvalue weighted by atomic mass is 16.2. The van der Waals surface area contributed by atoms with Crippen LogP contribution >= 0.6 is 0 Å². The summed E-state index contributed by atoms with van der Waals surface area (Å²) in [6.07, 6.45) is 4.91. The van der Waals surface area contributed by atoms with Crippen molar-refractivity contribution in [3.8, 4) is 0 Å². The number of nitrogens with zero attached hydrogens (tertiary/aromatic N) is 2. The summed E-state index contributed by atoms with van der Waals surface area (Å²) in [5.41, 5.74) is 2.98. The van der Waals surface area contributed by atoms with Crippen LogP contribution in [-0.4, -0.2) is 28.8 Å². The van der Waals surface area contributed by atoms with Crippen molar-refractivity contribution in [1.29, 1.82) is 0 Å². The van der Waals surface area contributed by atoms with E-state index in [2.05, 4.69) is 77.2 Å². The standard InChI is InChI=1S/C26H37N3O/c1-23(2)21(24(23,3)4)20-19(17-10-8-7-9-11-17)16-29(28-20)22(30)27-26(6)18-12-14-25(26,5)15-13-18/h7-11,18-19,21H,12-16H2,1-6H3,(H,27,30)/t18-,19?,25+,26-/m0/s1. The van der Waals surface area contributed by atoms with Gasteiger partial charge in [-0.3, -0.25) is 0 Å². The molecule has 4 heteroatoms. The zero-order valence-electron chi connectivity index (χ0n) is 19.5. The number of rotatable bonds is 3. The van der Waals surface area contributed by atoms with E-state index in [1.165, 1.54) is 37.0 Å². The summed E-state index contributed by atoms with van der Waals surface area (Å²) in [5, 5.41) is 10.2. The van der Waals surface area contributed by atoms with Gasteiger partial charge in [0.15, 0.2) is 0 Å². The summed E-state index contributed by atoms with van der Waals surface area (Å²) in [4.78, 5) is 13.5. The molecule has 30 heavy (non-hydrogen) atoms. The van der Waals surface area contributed by atoms with Crippen molar-refractivity contribution in [2.75, 3.05) is 6.54 Å². The summed E-state index contributed by atoms with van der Waals surface area (Å²) in [6.45, 7) is 14.6. The Hall–Kier alpha value is -1.84. The fourth-order valence-corrected chi connectivity index (χ4v) is 7.18. The first kappa shape index (κ1) is 20.1. The molecule has 1 aromatic rings. The molecule has 0 spiro atoms. The van der Waals surface area contributed by atoms with E-state index in [9.17, 15) is 4.79 Å². The summed E-state index contributed by atoms with van der Waals surface area (Å²) in [5.74, 6) is 1.19. The highest BCUT2D eigenvalue weighted by molar-refractivity contribution is 5.99. The van der Waals surface area contributed by atoms with Crippen molar-refractivity contribution in [3.63, 3.8) is 0 Å². The predicted molar refractivity (Wildman–Crippen MR) is 121 cm³/mol. The van der Waals surface area contributed by atoms with Gasteiger partial charge in [-0.25, -0.2) is 9.80 Å². The molecule has 0 radical (unpaired) electrons. The number of hydrazone groups is 1. The maximum Gasteiger partial charge on any atom is 0.338 e. The van der Waals surface area contributed by atoms with Crippen LogP contribution in [0.15, 0.2) is 35.4 Å². The first-order valence-corrected chi connectivity index (χ1v) is 11.7. The number of carbonyl (C=O) groups is 1. The highest BCUT2D eigenvalue weighted by Gasteiger charge is 2.68. The molecule has 2 atom stereocenters. The Morgan fingerprint density at radius 1 is 1.00 bits per heavy atom. The van der Waals surface area contributed by atoms with E-state index in [4.69, 9.17) is 5.10 Å². The molecular formula is C26H37N3O. The molecule has 1 N–H and O–H groups in total. The van der Waals surface area contributed by atoms with Gasteiger partial charge >= 0.3 is 6.03 Å². The van der Waals surface area contributed by atoms with Crippen LogP contribution in [0.3, 0.4) is 0 Å². The van der Waals surface area contributed by atoms with E-state index in [0.29, 0.717) is 18.4 Å². The first-order valence-electron chi connectivity index (χ1n) is 11.7. The number of nitrogens with one attached hydrogen (secondary N) is 1. The molecule has 0 saturated heterocycles.